The summed E-state index contributed by atoms with van der Waals surface area (Å²) in [5, 5.41) is 8.14. The number of nitrogens with one attached hydrogen (secondary N) is 2. The van der Waals surface area contributed by atoms with Crippen molar-refractivity contribution in [3.8, 4) is 16.5 Å². The second-order valence-electron chi connectivity index (χ2n) is 13.1. The summed E-state index contributed by atoms with van der Waals surface area (Å²) in [6, 6.07) is 6.53. The van der Waals surface area contributed by atoms with Crippen LogP contribution in [0, 0.1) is 0 Å². The topological polar surface area (TPSA) is 140 Å². The van der Waals surface area contributed by atoms with Gasteiger partial charge in [-0.15, -0.1) is 11.3 Å². The van der Waals surface area contributed by atoms with E-state index in [2.05, 4.69) is 33.7 Å². The lowest BCUT2D eigenvalue weighted by Gasteiger charge is -2.35. The van der Waals surface area contributed by atoms with Crippen molar-refractivity contribution in [2.75, 3.05) is 62.0 Å². The summed E-state index contributed by atoms with van der Waals surface area (Å²) in [4.78, 5) is 31.9. The SMILES string of the molecule is COc1nc(N2CCOCC2)nc(N[C@@H]2CCCN(C(=O)OC(C)(C)C)C2)c1-c1nc2c(NC3CCCCC3N)cccc2s1. The van der Waals surface area contributed by atoms with Crippen molar-refractivity contribution < 1.29 is 19.0 Å². The summed E-state index contributed by atoms with van der Waals surface area (Å²) in [7, 11) is 1.63. The number of methoxy groups -OCH3 is 1. The van der Waals surface area contributed by atoms with E-state index in [0.717, 1.165) is 46.6 Å². The molecule has 3 fully saturated rings. The molecule has 2 aliphatic heterocycles. The molecule has 0 bridgehead atoms. The van der Waals surface area contributed by atoms with Crippen molar-refractivity contribution in [1.82, 2.24) is 19.9 Å². The Kier molecular flexibility index (Phi) is 9.48. The molecular weight excluding hydrogens is 592 g/mol. The highest BCUT2D eigenvalue weighted by atomic mass is 32.1. The van der Waals surface area contributed by atoms with Crippen LogP contribution in [0.3, 0.4) is 0 Å². The highest BCUT2D eigenvalue weighted by molar-refractivity contribution is 7.21. The molecule has 12 nitrogen and oxygen atoms in total. The van der Waals surface area contributed by atoms with Crippen molar-refractivity contribution in [3.05, 3.63) is 18.2 Å². The number of hydrogen-bond donors (Lipinski definition) is 3. The number of para-hydroxylation sites is 1. The van der Waals surface area contributed by atoms with E-state index >= 15 is 0 Å². The van der Waals surface area contributed by atoms with Gasteiger partial charge in [-0.25, -0.2) is 9.78 Å². The number of benzene rings is 1. The quantitative estimate of drug-likeness (QED) is 0.319. The highest BCUT2D eigenvalue weighted by Gasteiger charge is 2.31. The summed E-state index contributed by atoms with van der Waals surface area (Å²) in [6.45, 7) is 9.44. The van der Waals surface area contributed by atoms with E-state index in [0.29, 0.717) is 62.6 Å². The molecule has 1 aliphatic carbocycles. The number of likely N-dealkylation sites (tertiary alicyclic amines) is 1. The molecule has 1 amide bonds. The number of piperidine rings is 1. The standard InChI is InChI=1S/C32H46N8O4S/c1-32(2,3)44-31(41)40-14-8-9-20(19-40)34-27-25(28(42-4)38-30(37-27)39-15-17-43-18-16-39)29-36-26-23(12-7-13-24(26)45-29)35-22-11-6-5-10-21(22)33/h7,12-13,20-22,35H,5-6,8-11,14-19,33H2,1-4H3,(H,34,37,38)/t20-,21?,22?/m1/s1. The molecule has 2 saturated heterocycles. The first-order valence-electron chi connectivity index (χ1n) is 16.1. The maximum Gasteiger partial charge on any atom is 0.410 e. The first-order valence-corrected chi connectivity index (χ1v) is 17.0. The minimum atomic E-state index is -0.555. The number of rotatable bonds is 7. The van der Waals surface area contributed by atoms with Gasteiger partial charge in [-0.05, 0) is 58.6 Å². The average molecular weight is 639 g/mol. The normalized spacial score (nSPS) is 22.7. The lowest BCUT2D eigenvalue weighted by Crippen LogP contribution is -2.47. The number of hydrogen-bond acceptors (Lipinski definition) is 12. The van der Waals surface area contributed by atoms with Crippen LogP contribution in [0.15, 0.2) is 18.2 Å². The summed E-state index contributed by atoms with van der Waals surface area (Å²) in [5.41, 5.74) is 8.52. The van der Waals surface area contributed by atoms with Gasteiger partial charge in [0.15, 0.2) is 0 Å². The fraction of sp³-hybridized carbons (Fsp3) is 0.625. The zero-order chi connectivity index (χ0) is 31.6. The number of morpholine rings is 1. The third-order valence-electron chi connectivity index (χ3n) is 8.56. The minimum Gasteiger partial charge on any atom is -0.480 e. The van der Waals surface area contributed by atoms with Crippen LogP contribution in [0.2, 0.25) is 0 Å². The smallest absolute Gasteiger partial charge is 0.410 e. The van der Waals surface area contributed by atoms with Crippen molar-refractivity contribution >= 4 is 45.1 Å². The van der Waals surface area contributed by atoms with Gasteiger partial charge in [-0.2, -0.15) is 9.97 Å². The van der Waals surface area contributed by atoms with E-state index in [4.69, 9.17) is 34.9 Å². The largest absolute Gasteiger partial charge is 0.480 e. The number of nitrogens with zero attached hydrogens (tertiary/aromatic N) is 5. The van der Waals surface area contributed by atoms with Crippen LogP contribution in [-0.4, -0.2) is 96.2 Å². The van der Waals surface area contributed by atoms with E-state index in [1.807, 2.05) is 20.8 Å². The van der Waals surface area contributed by atoms with Crippen molar-refractivity contribution in [2.45, 2.75) is 83.0 Å². The number of fused-ring (bicyclic) bond motifs is 1. The van der Waals surface area contributed by atoms with E-state index in [1.165, 1.54) is 12.8 Å². The second-order valence-corrected chi connectivity index (χ2v) is 14.2. The molecule has 3 aromatic rings. The maximum atomic E-state index is 12.9. The number of carbonyl (C=O) groups excluding carboxylic acids is 1. The van der Waals surface area contributed by atoms with Gasteiger partial charge >= 0.3 is 6.09 Å². The Bertz CT molecular complexity index is 1490. The minimum absolute atomic E-state index is 0.0402. The van der Waals surface area contributed by atoms with Crippen LogP contribution in [0.1, 0.15) is 59.3 Å². The highest BCUT2D eigenvalue weighted by Crippen LogP contribution is 2.42. The average Bonchev–Trinajstić information content (AvgIpc) is 3.46. The van der Waals surface area contributed by atoms with Crippen molar-refractivity contribution in [1.29, 1.82) is 0 Å². The molecule has 2 aromatic heterocycles. The number of thiazole rings is 1. The molecule has 0 spiro atoms. The first-order chi connectivity index (χ1) is 21.7. The van der Waals surface area contributed by atoms with Gasteiger partial charge in [0.05, 0.1) is 30.7 Å². The van der Waals surface area contributed by atoms with Gasteiger partial charge in [-0.1, -0.05) is 18.9 Å². The monoisotopic (exact) mass is 638 g/mol. The molecule has 244 valence electrons. The molecular formula is C32H46N8O4S. The Labute approximate surface area is 269 Å². The number of anilines is 3. The lowest BCUT2D eigenvalue weighted by atomic mass is 9.91. The molecule has 13 heteroatoms. The molecule has 6 rings (SSSR count). The zero-order valence-electron chi connectivity index (χ0n) is 26.8. The Morgan fingerprint density at radius 3 is 2.60 bits per heavy atom. The van der Waals surface area contributed by atoms with Crippen LogP contribution in [0.4, 0.5) is 22.2 Å². The molecule has 2 unspecified atom stereocenters. The third kappa shape index (κ3) is 7.36. The van der Waals surface area contributed by atoms with Gasteiger partial charge in [0.1, 0.15) is 27.5 Å². The van der Waals surface area contributed by atoms with Gasteiger partial charge < -0.3 is 40.4 Å². The van der Waals surface area contributed by atoms with Gasteiger partial charge in [0, 0.05) is 44.3 Å². The van der Waals surface area contributed by atoms with E-state index in [-0.39, 0.29) is 24.2 Å². The number of aromatic nitrogens is 3. The van der Waals surface area contributed by atoms with Gasteiger partial charge in [0.25, 0.3) is 0 Å². The molecule has 1 saturated carbocycles. The van der Waals surface area contributed by atoms with Gasteiger partial charge in [0.2, 0.25) is 11.8 Å². The molecule has 3 aliphatic rings. The fourth-order valence-corrected chi connectivity index (χ4v) is 7.30. The molecule has 1 aromatic carbocycles. The number of carbonyl (C=O) groups is 1. The lowest BCUT2D eigenvalue weighted by molar-refractivity contribution is 0.0206. The molecule has 4 heterocycles. The Balaban J connectivity index is 1.35. The summed E-state index contributed by atoms with van der Waals surface area (Å²) >= 11 is 1.59. The van der Waals surface area contributed by atoms with Crippen LogP contribution in [0.25, 0.3) is 20.8 Å². The summed E-state index contributed by atoms with van der Waals surface area (Å²) in [6.07, 6.45) is 5.87. The van der Waals surface area contributed by atoms with E-state index in [1.54, 1.807) is 23.3 Å². The number of amides is 1. The van der Waals surface area contributed by atoms with Crippen molar-refractivity contribution in [3.63, 3.8) is 0 Å². The Morgan fingerprint density at radius 1 is 1.04 bits per heavy atom. The van der Waals surface area contributed by atoms with Crippen LogP contribution in [0.5, 0.6) is 5.88 Å². The maximum absolute atomic E-state index is 12.9. The van der Waals surface area contributed by atoms with E-state index in [9.17, 15) is 4.79 Å². The number of nitrogens with two attached hydrogens (primary N) is 1. The Hall–Kier alpha value is -3.42. The van der Waals surface area contributed by atoms with Gasteiger partial charge in [-0.3, -0.25) is 0 Å². The number of ether oxygens (including phenoxy) is 3. The zero-order valence-corrected chi connectivity index (χ0v) is 27.6. The fourth-order valence-electron chi connectivity index (χ4n) is 6.27. The molecule has 3 atom stereocenters. The van der Waals surface area contributed by atoms with Crippen molar-refractivity contribution in [2.24, 2.45) is 5.73 Å². The molecule has 0 radical (unpaired) electrons. The summed E-state index contributed by atoms with van der Waals surface area (Å²) < 4.78 is 18.3. The Morgan fingerprint density at radius 2 is 1.84 bits per heavy atom. The second kappa shape index (κ2) is 13.5. The van der Waals surface area contributed by atoms with E-state index < -0.39 is 5.60 Å². The van der Waals surface area contributed by atoms with Crippen LogP contribution < -0.4 is 26.0 Å². The van der Waals surface area contributed by atoms with Crippen LogP contribution in [-0.2, 0) is 9.47 Å². The summed E-state index contributed by atoms with van der Waals surface area (Å²) in [5.74, 6) is 1.68. The first kappa shape index (κ1) is 31.6. The van der Waals surface area contributed by atoms with Crippen LogP contribution >= 0.6 is 11.3 Å². The predicted molar refractivity (Wildman–Crippen MR) is 179 cm³/mol. The predicted octanol–water partition coefficient (Wildman–Crippen LogP) is 5.09. The third-order valence-corrected chi connectivity index (χ3v) is 9.60. The molecule has 45 heavy (non-hydrogen) atoms. The molecule has 4 N–H and O–H groups in total.